The molecule has 0 aliphatic carbocycles. The van der Waals surface area contributed by atoms with Gasteiger partial charge in [-0.2, -0.15) is 0 Å². The molecule has 0 spiro atoms. The van der Waals surface area contributed by atoms with Gasteiger partial charge in [0, 0.05) is 13.0 Å². The van der Waals surface area contributed by atoms with Gasteiger partial charge in [0.1, 0.15) is 6.04 Å². The summed E-state index contributed by atoms with van der Waals surface area (Å²) >= 11 is 0. The number of likely N-dealkylation sites (tertiary alicyclic amines) is 1. The van der Waals surface area contributed by atoms with Crippen LogP contribution < -0.4 is 11.5 Å². The van der Waals surface area contributed by atoms with Gasteiger partial charge in [0.2, 0.25) is 11.8 Å². The first-order valence-electron chi connectivity index (χ1n) is 7.06. The van der Waals surface area contributed by atoms with Crippen LogP contribution in [0, 0.1) is 0 Å². The fraction of sp³-hybridized carbons (Fsp3) is 0.467. The quantitative estimate of drug-likeness (QED) is 0.672. The van der Waals surface area contributed by atoms with Gasteiger partial charge in [0.25, 0.3) is 0 Å². The normalized spacial score (nSPS) is 23.0. The molecule has 5 N–H and O–H groups in total. The Morgan fingerprint density at radius 1 is 1.33 bits per heavy atom. The van der Waals surface area contributed by atoms with Crippen LogP contribution in [0.15, 0.2) is 30.3 Å². The third-order valence-electron chi connectivity index (χ3n) is 3.79. The molecule has 2 rings (SSSR count). The standard InChI is InChI=1S/C15H21N3O3/c16-12(7-6-10-4-2-1-3-5-10)15(21)18-9-11(19)8-13(18)14(17)20/h1-5,11-13,19H,6-9,16H2,(H2,17,20). The van der Waals surface area contributed by atoms with Crippen LogP contribution in [0.25, 0.3) is 0 Å². The number of β-amino-alcohol motifs (C(OH)–C–C–N with tert-alkyl or cyclic N) is 1. The predicted molar refractivity (Wildman–Crippen MR) is 78.1 cm³/mol. The van der Waals surface area contributed by atoms with Crippen LogP contribution >= 0.6 is 0 Å². The SMILES string of the molecule is NC(=O)C1CC(O)CN1C(=O)C(N)CCc1ccccc1. The van der Waals surface area contributed by atoms with Crippen LogP contribution in [0.5, 0.6) is 0 Å². The minimum absolute atomic E-state index is 0.117. The average molecular weight is 291 g/mol. The van der Waals surface area contributed by atoms with Crippen molar-refractivity contribution in [3.8, 4) is 0 Å². The number of primary amides is 1. The Morgan fingerprint density at radius 2 is 2.00 bits per heavy atom. The van der Waals surface area contributed by atoms with Crippen molar-refractivity contribution in [2.75, 3.05) is 6.54 Å². The number of aliphatic hydroxyl groups is 1. The van der Waals surface area contributed by atoms with Crippen LogP contribution in [0.1, 0.15) is 18.4 Å². The molecule has 0 saturated carbocycles. The molecule has 1 aromatic carbocycles. The van der Waals surface area contributed by atoms with E-state index in [0.29, 0.717) is 12.8 Å². The summed E-state index contributed by atoms with van der Waals surface area (Å²) in [5.74, 6) is -0.929. The van der Waals surface area contributed by atoms with Gasteiger partial charge in [-0.15, -0.1) is 0 Å². The number of hydrogen-bond donors (Lipinski definition) is 3. The minimum atomic E-state index is -0.754. The van der Waals surface area contributed by atoms with Crippen molar-refractivity contribution in [1.82, 2.24) is 4.90 Å². The number of amides is 2. The van der Waals surface area contributed by atoms with E-state index < -0.39 is 24.1 Å². The first-order chi connectivity index (χ1) is 9.99. The lowest BCUT2D eigenvalue weighted by atomic mass is 10.0. The zero-order valence-electron chi connectivity index (χ0n) is 11.8. The summed E-state index contributed by atoms with van der Waals surface area (Å²) in [5, 5.41) is 9.61. The molecule has 1 aromatic rings. The van der Waals surface area contributed by atoms with E-state index in [9.17, 15) is 14.7 Å². The Morgan fingerprint density at radius 3 is 2.62 bits per heavy atom. The lowest BCUT2D eigenvalue weighted by Crippen LogP contribution is -2.50. The molecule has 3 atom stereocenters. The number of benzene rings is 1. The number of aliphatic hydroxyl groups excluding tert-OH is 1. The number of carbonyl (C=O) groups is 2. The fourth-order valence-electron chi connectivity index (χ4n) is 2.63. The summed E-state index contributed by atoms with van der Waals surface area (Å²) in [4.78, 5) is 25.0. The van der Waals surface area contributed by atoms with E-state index in [1.54, 1.807) is 0 Å². The maximum absolute atomic E-state index is 12.3. The zero-order chi connectivity index (χ0) is 15.4. The van der Waals surface area contributed by atoms with Gasteiger partial charge in [-0.25, -0.2) is 0 Å². The van der Waals surface area contributed by atoms with Crippen molar-refractivity contribution in [2.24, 2.45) is 11.5 Å². The molecule has 1 saturated heterocycles. The molecular formula is C15H21N3O3. The summed E-state index contributed by atoms with van der Waals surface area (Å²) < 4.78 is 0. The number of nitrogens with two attached hydrogens (primary N) is 2. The Balaban J connectivity index is 1.94. The molecule has 0 bridgehead atoms. The summed E-state index contributed by atoms with van der Waals surface area (Å²) in [6.07, 6.45) is 0.645. The van der Waals surface area contributed by atoms with Gasteiger partial charge in [0.05, 0.1) is 12.1 Å². The molecule has 6 heteroatoms. The molecule has 21 heavy (non-hydrogen) atoms. The van der Waals surface area contributed by atoms with Crippen molar-refractivity contribution >= 4 is 11.8 Å². The smallest absolute Gasteiger partial charge is 0.240 e. The predicted octanol–water partition coefficient (Wildman–Crippen LogP) is -0.606. The molecule has 1 heterocycles. The third-order valence-corrected chi connectivity index (χ3v) is 3.79. The molecule has 6 nitrogen and oxygen atoms in total. The molecule has 2 amide bonds. The number of carbonyl (C=O) groups excluding carboxylic acids is 2. The van der Waals surface area contributed by atoms with Crippen LogP contribution in [-0.2, 0) is 16.0 Å². The molecule has 114 valence electrons. The van der Waals surface area contributed by atoms with Gasteiger partial charge in [-0.3, -0.25) is 9.59 Å². The highest BCUT2D eigenvalue weighted by Crippen LogP contribution is 2.19. The van der Waals surface area contributed by atoms with Crippen LogP contribution in [0.4, 0.5) is 0 Å². The Kier molecular flexibility index (Phi) is 4.93. The van der Waals surface area contributed by atoms with Gasteiger partial charge < -0.3 is 21.5 Å². The van der Waals surface area contributed by atoms with E-state index >= 15 is 0 Å². The molecule has 3 unspecified atom stereocenters. The topological polar surface area (TPSA) is 110 Å². The van der Waals surface area contributed by atoms with E-state index in [4.69, 9.17) is 11.5 Å². The Bertz CT molecular complexity index is 506. The maximum Gasteiger partial charge on any atom is 0.240 e. The first-order valence-corrected chi connectivity index (χ1v) is 7.06. The fourth-order valence-corrected chi connectivity index (χ4v) is 2.63. The maximum atomic E-state index is 12.3. The van der Waals surface area contributed by atoms with Crippen LogP contribution in [0.3, 0.4) is 0 Å². The lowest BCUT2D eigenvalue weighted by molar-refractivity contribution is -0.138. The van der Waals surface area contributed by atoms with E-state index in [2.05, 4.69) is 0 Å². The number of hydrogen-bond acceptors (Lipinski definition) is 4. The molecule has 1 aliphatic heterocycles. The second-order valence-electron chi connectivity index (χ2n) is 5.43. The van der Waals surface area contributed by atoms with Crippen molar-refractivity contribution in [2.45, 2.75) is 37.5 Å². The van der Waals surface area contributed by atoms with E-state index in [1.807, 2.05) is 30.3 Å². The van der Waals surface area contributed by atoms with Crippen molar-refractivity contribution < 1.29 is 14.7 Å². The van der Waals surface area contributed by atoms with E-state index in [0.717, 1.165) is 5.56 Å². The van der Waals surface area contributed by atoms with Crippen molar-refractivity contribution in [1.29, 1.82) is 0 Å². The zero-order valence-corrected chi connectivity index (χ0v) is 11.8. The Hall–Kier alpha value is -1.92. The van der Waals surface area contributed by atoms with Crippen LogP contribution in [-0.4, -0.2) is 46.6 Å². The summed E-state index contributed by atoms with van der Waals surface area (Å²) in [5.41, 5.74) is 12.3. The number of rotatable bonds is 5. The second kappa shape index (κ2) is 6.69. The molecular weight excluding hydrogens is 270 g/mol. The largest absolute Gasteiger partial charge is 0.391 e. The summed E-state index contributed by atoms with van der Waals surface area (Å²) in [6.45, 7) is 0.117. The second-order valence-corrected chi connectivity index (χ2v) is 5.43. The third kappa shape index (κ3) is 3.80. The minimum Gasteiger partial charge on any atom is -0.391 e. The summed E-state index contributed by atoms with van der Waals surface area (Å²) in [6, 6.07) is 8.29. The average Bonchev–Trinajstić information content (AvgIpc) is 2.87. The van der Waals surface area contributed by atoms with E-state index in [-0.39, 0.29) is 18.9 Å². The molecule has 1 aliphatic rings. The van der Waals surface area contributed by atoms with Gasteiger partial charge in [-0.05, 0) is 18.4 Å². The summed E-state index contributed by atoms with van der Waals surface area (Å²) in [7, 11) is 0. The highest BCUT2D eigenvalue weighted by Gasteiger charge is 2.39. The molecule has 1 fully saturated rings. The van der Waals surface area contributed by atoms with Gasteiger partial charge in [0.15, 0.2) is 0 Å². The lowest BCUT2D eigenvalue weighted by Gasteiger charge is -2.25. The monoisotopic (exact) mass is 291 g/mol. The van der Waals surface area contributed by atoms with Crippen LogP contribution in [0.2, 0.25) is 0 Å². The Labute approximate surface area is 123 Å². The highest BCUT2D eigenvalue weighted by molar-refractivity contribution is 5.89. The van der Waals surface area contributed by atoms with Gasteiger partial charge >= 0.3 is 0 Å². The molecule has 0 aromatic heterocycles. The van der Waals surface area contributed by atoms with Crippen molar-refractivity contribution in [3.63, 3.8) is 0 Å². The first kappa shape index (κ1) is 15.5. The van der Waals surface area contributed by atoms with Gasteiger partial charge in [-0.1, -0.05) is 30.3 Å². The van der Waals surface area contributed by atoms with Crippen molar-refractivity contribution in [3.05, 3.63) is 35.9 Å². The highest BCUT2D eigenvalue weighted by atomic mass is 16.3. The number of nitrogens with zero attached hydrogens (tertiary/aromatic N) is 1. The molecule has 0 radical (unpaired) electrons. The number of aryl methyl sites for hydroxylation is 1. The van der Waals surface area contributed by atoms with E-state index in [1.165, 1.54) is 4.90 Å².